The zero-order valence-corrected chi connectivity index (χ0v) is 9.76. The van der Waals surface area contributed by atoms with E-state index >= 15 is 0 Å². The zero-order chi connectivity index (χ0) is 13.4. The molecular formula is C15H9FO3. The maximum absolute atomic E-state index is 13.6. The molecule has 2 aromatic rings. The summed E-state index contributed by atoms with van der Waals surface area (Å²) in [5.41, 5.74) is 0.995. The number of carbonyl (C=O) groups excluding carboxylic acids is 1. The largest absolute Gasteiger partial charge is 0.508 e. The molecule has 19 heavy (non-hydrogen) atoms. The van der Waals surface area contributed by atoms with Crippen LogP contribution in [0.25, 0.3) is 11.6 Å². The molecule has 0 bridgehead atoms. The molecule has 94 valence electrons. The van der Waals surface area contributed by atoms with Gasteiger partial charge >= 0.3 is 5.97 Å². The number of hydrogen-bond donors (Lipinski definition) is 1. The number of rotatable bonds is 1. The van der Waals surface area contributed by atoms with Crippen molar-refractivity contribution in [3.8, 4) is 11.5 Å². The van der Waals surface area contributed by atoms with Gasteiger partial charge < -0.3 is 9.84 Å². The van der Waals surface area contributed by atoms with Crippen LogP contribution in [-0.4, -0.2) is 11.1 Å². The van der Waals surface area contributed by atoms with Crippen LogP contribution in [0.3, 0.4) is 0 Å². The second-order valence-electron chi connectivity index (χ2n) is 4.15. The minimum atomic E-state index is -0.552. The van der Waals surface area contributed by atoms with Crippen molar-refractivity contribution in [2.75, 3.05) is 0 Å². The summed E-state index contributed by atoms with van der Waals surface area (Å²) in [7, 11) is 0. The Labute approximate surface area is 108 Å². The molecule has 1 aliphatic heterocycles. The fourth-order valence-electron chi connectivity index (χ4n) is 1.97. The smallest absolute Gasteiger partial charge is 0.344 e. The summed E-state index contributed by atoms with van der Waals surface area (Å²) in [4.78, 5) is 11.8. The van der Waals surface area contributed by atoms with Gasteiger partial charge in [-0.1, -0.05) is 18.2 Å². The quantitative estimate of drug-likeness (QED) is 0.484. The van der Waals surface area contributed by atoms with Crippen molar-refractivity contribution in [2.45, 2.75) is 0 Å². The van der Waals surface area contributed by atoms with Gasteiger partial charge in [-0.15, -0.1) is 0 Å². The average molecular weight is 256 g/mol. The Balaban J connectivity index is 2.14. The average Bonchev–Trinajstić information content (AvgIpc) is 2.69. The maximum atomic E-state index is 13.6. The van der Waals surface area contributed by atoms with Gasteiger partial charge in [0.05, 0.1) is 5.57 Å². The first-order chi connectivity index (χ1) is 9.15. The standard InChI is InChI=1S/C15H9FO3/c16-13-4-2-1-3-9(13)7-12-11-8-10(17)5-6-14(11)19-15(12)18/h1-8,17H/b12-7+. The molecule has 0 saturated heterocycles. The number of ether oxygens (including phenoxy) is 1. The molecule has 1 heterocycles. The van der Waals surface area contributed by atoms with Crippen molar-refractivity contribution in [3.05, 3.63) is 59.4 Å². The molecule has 0 radical (unpaired) electrons. The number of carbonyl (C=O) groups is 1. The van der Waals surface area contributed by atoms with Gasteiger partial charge in [-0.2, -0.15) is 0 Å². The molecule has 0 unspecified atom stereocenters. The highest BCUT2D eigenvalue weighted by Gasteiger charge is 2.27. The highest BCUT2D eigenvalue weighted by atomic mass is 19.1. The van der Waals surface area contributed by atoms with Gasteiger partial charge in [0.15, 0.2) is 0 Å². The number of fused-ring (bicyclic) bond motifs is 1. The van der Waals surface area contributed by atoms with Crippen LogP contribution in [0.2, 0.25) is 0 Å². The highest BCUT2D eigenvalue weighted by molar-refractivity contribution is 6.26. The lowest BCUT2D eigenvalue weighted by Gasteiger charge is -1.99. The number of phenols is 1. The molecule has 1 aliphatic rings. The molecule has 0 aromatic heterocycles. The third kappa shape index (κ3) is 1.97. The molecule has 0 atom stereocenters. The van der Waals surface area contributed by atoms with E-state index in [-0.39, 0.29) is 11.3 Å². The van der Waals surface area contributed by atoms with E-state index in [0.29, 0.717) is 16.9 Å². The van der Waals surface area contributed by atoms with E-state index < -0.39 is 11.8 Å². The lowest BCUT2D eigenvalue weighted by molar-refractivity contribution is -0.126. The lowest BCUT2D eigenvalue weighted by Crippen LogP contribution is -2.00. The summed E-state index contributed by atoms with van der Waals surface area (Å²) in [6, 6.07) is 10.5. The van der Waals surface area contributed by atoms with Crippen LogP contribution in [0, 0.1) is 5.82 Å². The molecule has 0 saturated carbocycles. The van der Waals surface area contributed by atoms with Gasteiger partial charge in [0.2, 0.25) is 0 Å². The number of esters is 1. The van der Waals surface area contributed by atoms with E-state index in [1.807, 2.05) is 0 Å². The summed E-state index contributed by atoms with van der Waals surface area (Å²) in [6.45, 7) is 0. The SMILES string of the molecule is O=C1Oc2ccc(O)cc2/C1=C\c1ccccc1F. The zero-order valence-electron chi connectivity index (χ0n) is 9.76. The molecule has 1 N–H and O–H groups in total. The van der Waals surface area contributed by atoms with Crippen LogP contribution in [0.1, 0.15) is 11.1 Å². The lowest BCUT2D eigenvalue weighted by atomic mass is 10.0. The molecule has 0 amide bonds. The Morgan fingerprint density at radius 3 is 2.74 bits per heavy atom. The third-order valence-corrected chi connectivity index (χ3v) is 2.88. The van der Waals surface area contributed by atoms with E-state index in [9.17, 15) is 14.3 Å². The molecule has 0 aliphatic carbocycles. The Bertz CT molecular complexity index is 704. The predicted octanol–water partition coefficient (Wildman–Crippen LogP) is 2.99. The second kappa shape index (κ2) is 4.24. The fraction of sp³-hybridized carbons (Fsp3) is 0. The fourth-order valence-corrected chi connectivity index (χ4v) is 1.97. The van der Waals surface area contributed by atoms with Crippen molar-refractivity contribution in [1.29, 1.82) is 0 Å². The van der Waals surface area contributed by atoms with Crippen molar-refractivity contribution < 1.29 is 19.0 Å². The Kier molecular flexibility index (Phi) is 2.56. The first-order valence-electron chi connectivity index (χ1n) is 5.67. The van der Waals surface area contributed by atoms with Crippen LogP contribution < -0.4 is 4.74 Å². The normalized spacial score (nSPS) is 15.4. The highest BCUT2D eigenvalue weighted by Crippen LogP contribution is 2.37. The second-order valence-corrected chi connectivity index (χ2v) is 4.15. The number of halogens is 1. The van der Waals surface area contributed by atoms with E-state index in [0.717, 1.165) is 0 Å². The monoisotopic (exact) mass is 256 g/mol. The number of aromatic hydroxyl groups is 1. The van der Waals surface area contributed by atoms with E-state index in [2.05, 4.69) is 0 Å². The molecule has 0 spiro atoms. The van der Waals surface area contributed by atoms with Crippen molar-refractivity contribution in [1.82, 2.24) is 0 Å². The molecule has 0 fully saturated rings. The summed E-state index contributed by atoms with van der Waals surface area (Å²) in [5, 5.41) is 9.45. The number of hydrogen-bond acceptors (Lipinski definition) is 3. The summed E-state index contributed by atoms with van der Waals surface area (Å²) in [5.74, 6) is -0.581. The van der Waals surface area contributed by atoms with Crippen LogP contribution in [0.4, 0.5) is 4.39 Å². The Hall–Kier alpha value is -2.62. The molecule has 2 aromatic carbocycles. The van der Waals surface area contributed by atoms with Crippen LogP contribution >= 0.6 is 0 Å². The van der Waals surface area contributed by atoms with Crippen molar-refractivity contribution >= 4 is 17.6 Å². The van der Waals surface area contributed by atoms with Gasteiger partial charge in [0.25, 0.3) is 0 Å². The Morgan fingerprint density at radius 1 is 1.16 bits per heavy atom. The van der Waals surface area contributed by atoms with Crippen molar-refractivity contribution in [2.24, 2.45) is 0 Å². The molecule has 4 heteroatoms. The van der Waals surface area contributed by atoms with Gasteiger partial charge in [-0.05, 0) is 30.3 Å². The van der Waals surface area contributed by atoms with Crippen molar-refractivity contribution in [3.63, 3.8) is 0 Å². The molecule has 3 nitrogen and oxygen atoms in total. The first kappa shape index (κ1) is 11.5. The predicted molar refractivity (Wildman–Crippen MR) is 68.0 cm³/mol. The van der Waals surface area contributed by atoms with E-state index in [1.54, 1.807) is 18.2 Å². The van der Waals surface area contributed by atoms with Crippen LogP contribution in [0.15, 0.2) is 42.5 Å². The summed E-state index contributed by atoms with van der Waals surface area (Å²) < 4.78 is 18.6. The third-order valence-electron chi connectivity index (χ3n) is 2.88. The van der Waals surface area contributed by atoms with Gasteiger partial charge in [0.1, 0.15) is 17.3 Å². The topological polar surface area (TPSA) is 46.5 Å². The summed E-state index contributed by atoms with van der Waals surface area (Å²) in [6.07, 6.45) is 1.42. The first-order valence-corrected chi connectivity index (χ1v) is 5.67. The number of benzene rings is 2. The Morgan fingerprint density at radius 2 is 1.95 bits per heavy atom. The minimum absolute atomic E-state index is 0.0245. The minimum Gasteiger partial charge on any atom is -0.508 e. The van der Waals surface area contributed by atoms with Crippen LogP contribution in [-0.2, 0) is 4.79 Å². The van der Waals surface area contributed by atoms with Gasteiger partial charge in [0, 0.05) is 11.1 Å². The number of phenolic OH excluding ortho intramolecular Hbond substituents is 1. The molecule has 3 rings (SSSR count). The molecular weight excluding hydrogens is 247 g/mol. The van der Waals surface area contributed by atoms with E-state index in [1.165, 1.54) is 30.3 Å². The van der Waals surface area contributed by atoms with Gasteiger partial charge in [-0.25, -0.2) is 9.18 Å². The summed E-state index contributed by atoms with van der Waals surface area (Å²) >= 11 is 0. The van der Waals surface area contributed by atoms with Crippen LogP contribution in [0.5, 0.6) is 11.5 Å². The maximum Gasteiger partial charge on any atom is 0.344 e. The van der Waals surface area contributed by atoms with Gasteiger partial charge in [-0.3, -0.25) is 0 Å². The van der Waals surface area contributed by atoms with E-state index in [4.69, 9.17) is 4.74 Å².